The van der Waals surface area contributed by atoms with Gasteiger partial charge in [0.1, 0.15) is 12.1 Å². The van der Waals surface area contributed by atoms with Crippen molar-refractivity contribution >= 4 is 16.7 Å². The highest BCUT2D eigenvalue weighted by Crippen LogP contribution is 2.36. The molecular formula is C22H24N4O3. The SMILES string of the molecule is c1nc(NCCCN2CCOCC2)c2cc(-c3ccc4c(c3)OCO4)ccc2n1. The molecule has 0 aliphatic carbocycles. The summed E-state index contributed by atoms with van der Waals surface area (Å²) >= 11 is 0. The molecule has 0 spiro atoms. The second kappa shape index (κ2) is 8.23. The van der Waals surface area contributed by atoms with Crippen LogP contribution in [-0.4, -0.2) is 61.1 Å². The van der Waals surface area contributed by atoms with Crippen molar-refractivity contribution in [3.63, 3.8) is 0 Å². The van der Waals surface area contributed by atoms with Crippen molar-refractivity contribution in [2.24, 2.45) is 0 Å². The second-order valence-corrected chi connectivity index (χ2v) is 7.26. The zero-order chi connectivity index (χ0) is 19.5. The van der Waals surface area contributed by atoms with E-state index in [2.05, 4.69) is 32.3 Å². The minimum absolute atomic E-state index is 0.281. The normalized spacial score (nSPS) is 16.3. The Morgan fingerprint density at radius 1 is 0.931 bits per heavy atom. The largest absolute Gasteiger partial charge is 0.454 e. The van der Waals surface area contributed by atoms with Crippen LogP contribution in [0.15, 0.2) is 42.7 Å². The number of nitrogens with one attached hydrogen (secondary N) is 1. The van der Waals surface area contributed by atoms with Crippen molar-refractivity contribution in [1.82, 2.24) is 14.9 Å². The number of hydrogen-bond acceptors (Lipinski definition) is 7. The van der Waals surface area contributed by atoms with Crippen LogP contribution in [-0.2, 0) is 4.74 Å². The number of nitrogens with zero attached hydrogens (tertiary/aromatic N) is 3. The molecule has 2 aromatic carbocycles. The molecule has 7 nitrogen and oxygen atoms in total. The zero-order valence-corrected chi connectivity index (χ0v) is 16.3. The Balaban J connectivity index is 1.32. The lowest BCUT2D eigenvalue weighted by molar-refractivity contribution is 0.0378. The molecule has 0 bridgehead atoms. The van der Waals surface area contributed by atoms with Crippen LogP contribution in [0.5, 0.6) is 11.5 Å². The Labute approximate surface area is 169 Å². The van der Waals surface area contributed by atoms with Crippen LogP contribution in [0.4, 0.5) is 5.82 Å². The molecule has 1 aromatic heterocycles. The Kier molecular flexibility index (Phi) is 5.15. The molecule has 1 saturated heterocycles. The zero-order valence-electron chi connectivity index (χ0n) is 16.3. The molecule has 5 rings (SSSR count). The van der Waals surface area contributed by atoms with Crippen LogP contribution in [0.25, 0.3) is 22.0 Å². The smallest absolute Gasteiger partial charge is 0.231 e. The standard InChI is InChI=1S/C22H24N4O3/c1(7-26-8-10-27-11-9-26)6-23-22-18-12-16(2-4-19(18)24-14-25-22)17-3-5-20-21(13-17)29-15-28-20/h2-5,12-14H,1,6-11,15H2,(H,23,24,25). The van der Waals surface area contributed by atoms with E-state index in [1.54, 1.807) is 6.33 Å². The summed E-state index contributed by atoms with van der Waals surface area (Å²) in [5.41, 5.74) is 3.11. The highest BCUT2D eigenvalue weighted by molar-refractivity contribution is 5.92. The van der Waals surface area contributed by atoms with Gasteiger partial charge in [0.2, 0.25) is 6.79 Å². The van der Waals surface area contributed by atoms with E-state index in [4.69, 9.17) is 14.2 Å². The van der Waals surface area contributed by atoms with Gasteiger partial charge in [0.25, 0.3) is 0 Å². The molecule has 2 aliphatic heterocycles. The van der Waals surface area contributed by atoms with Gasteiger partial charge in [0.15, 0.2) is 11.5 Å². The van der Waals surface area contributed by atoms with E-state index in [0.717, 1.165) is 85.2 Å². The van der Waals surface area contributed by atoms with E-state index < -0.39 is 0 Å². The monoisotopic (exact) mass is 392 g/mol. The fraction of sp³-hybridized carbons (Fsp3) is 0.364. The van der Waals surface area contributed by atoms with Gasteiger partial charge in [-0.15, -0.1) is 0 Å². The lowest BCUT2D eigenvalue weighted by Gasteiger charge is -2.26. The van der Waals surface area contributed by atoms with E-state index in [9.17, 15) is 0 Å². The summed E-state index contributed by atoms with van der Waals surface area (Å²) in [7, 11) is 0. The van der Waals surface area contributed by atoms with Crippen LogP contribution in [0.2, 0.25) is 0 Å². The fourth-order valence-electron chi connectivity index (χ4n) is 3.79. The fourth-order valence-corrected chi connectivity index (χ4v) is 3.79. The van der Waals surface area contributed by atoms with Gasteiger partial charge in [-0.25, -0.2) is 9.97 Å². The van der Waals surface area contributed by atoms with Crippen LogP contribution in [0, 0.1) is 0 Å². The number of anilines is 1. The van der Waals surface area contributed by atoms with E-state index >= 15 is 0 Å². The summed E-state index contributed by atoms with van der Waals surface area (Å²) in [5, 5.41) is 4.52. The summed E-state index contributed by atoms with van der Waals surface area (Å²) in [6.45, 7) is 5.95. The first-order valence-corrected chi connectivity index (χ1v) is 10.1. The average molecular weight is 392 g/mol. The highest BCUT2D eigenvalue weighted by atomic mass is 16.7. The molecule has 29 heavy (non-hydrogen) atoms. The molecule has 0 radical (unpaired) electrons. The molecule has 2 aliphatic rings. The van der Waals surface area contributed by atoms with Gasteiger partial charge >= 0.3 is 0 Å². The quantitative estimate of drug-likeness (QED) is 0.646. The van der Waals surface area contributed by atoms with Gasteiger partial charge in [-0.3, -0.25) is 4.90 Å². The topological polar surface area (TPSA) is 68.7 Å². The van der Waals surface area contributed by atoms with E-state index in [1.165, 1.54) is 0 Å². The molecule has 7 heteroatoms. The third kappa shape index (κ3) is 3.97. The van der Waals surface area contributed by atoms with Gasteiger partial charge in [0.05, 0.1) is 18.7 Å². The molecule has 1 N–H and O–H groups in total. The molecule has 3 aromatic rings. The number of benzene rings is 2. The summed E-state index contributed by atoms with van der Waals surface area (Å²) in [6.07, 6.45) is 2.68. The molecule has 0 saturated carbocycles. The summed E-state index contributed by atoms with van der Waals surface area (Å²) in [4.78, 5) is 11.3. The van der Waals surface area contributed by atoms with Crippen molar-refractivity contribution in [2.75, 3.05) is 51.5 Å². The number of hydrogen-bond donors (Lipinski definition) is 1. The van der Waals surface area contributed by atoms with E-state index in [1.807, 2.05) is 24.3 Å². The predicted molar refractivity (Wildman–Crippen MR) is 111 cm³/mol. The first-order valence-electron chi connectivity index (χ1n) is 10.1. The number of rotatable bonds is 6. The Morgan fingerprint density at radius 3 is 2.69 bits per heavy atom. The second-order valence-electron chi connectivity index (χ2n) is 7.26. The molecule has 150 valence electrons. The number of ether oxygens (including phenoxy) is 3. The van der Waals surface area contributed by atoms with Crippen LogP contribution < -0.4 is 14.8 Å². The number of aromatic nitrogens is 2. The van der Waals surface area contributed by atoms with Gasteiger partial charge in [-0.05, 0) is 48.4 Å². The minimum atomic E-state index is 0.281. The molecule has 0 amide bonds. The van der Waals surface area contributed by atoms with Gasteiger partial charge in [-0.2, -0.15) is 0 Å². The average Bonchev–Trinajstić information content (AvgIpc) is 3.25. The lowest BCUT2D eigenvalue weighted by atomic mass is 10.0. The highest BCUT2D eigenvalue weighted by Gasteiger charge is 2.15. The van der Waals surface area contributed by atoms with Gasteiger partial charge in [0, 0.05) is 25.0 Å². The first-order chi connectivity index (χ1) is 14.4. The summed E-state index contributed by atoms with van der Waals surface area (Å²) in [6, 6.07) is 12.3. The number of morpholine rings is 1. The van der Waals surface area contributed by atoms with Crippen LogP contribution >= 0.6 is 0 Å². The maximum atomic E-state index is 5.52. The summed E-state index contributed by atoms with van der Waals surface area (Å²) < 4.78 is 16.3. The van der Waals surface area contributed by atoms with Crippen molar-refractivity contribution < 1.29 is 14.2 Å². The lowest BCUT2D eigenvalue weighted by Crippen LogP contribution is -2.37. The van der Waals surface area contributed by atoms with Crippen LogP contribution in [0.1, 0.15) is 6.42 Å². The molecular weight excluding hydrogens is 368 g/mol. The minimum Gasteiger partial charge on any atom is -0.454 e. The first kappa shape index (κ1) is 18.1. The Bertz CT molecular complexity index is 1000. The van der Waals surface area contributed by atoms with E-state index in [-0.39, 0.29) is 6.79 Å². The molecule has 0 atom stereocenters. The third-order valence-corrected chi connectivity index (χ3v) is 5.39. The third-order valence-electron chi connectivity index (χ3n) is 5.39. The Morgan fingerprint density at radius 2 is 1.76 bits per heavy atom. The van der Waals surface area contributed by atoms with E-state index in [0.29, 0.717) is 0 Å². The van der Waals surface area contributed by atoms with Gasteiger partial charge < -0.3 is 19.5 Å². The van der Waals surface area contributed by atoms with Crippen molar-refractivity contribution in [3.8, 4) is 22.6 Å². The molecule has 0 unspecified atom stereocenters. The maximum absolute atomic E-state index is 5.52. The van der Waals surface area contributed by atoms with Crippen LogP contribution in [0.3, 0.4) is 0 Å². The molecule has 1 fully saturated rings. The molecule has 3 heterocycles. The maximum Gasteiger partial charge on any atom is 0.231 e. The van der Waals surface area contributed by atoms with Crippen molar-refractivity contribution in [2.45, 2.75) is 6.42 Å². The summed E-state index contributed by atoms with van der Waals surface area (Å²) in [5.74, 6) is 2.45. The van der Waals surface area contributed by atoms with Crippen molar-refractivity contribution in [3.05, 3.63) is 42.7 Å². The number of fused-ring (bicyclic) bond motifs is 2. The van der Waals surface area contributed by atoms with Gasteiger partial charge in [-0.1, -0.05) is 12.1 Å². The Hall–Kier alpha value is -2.90. The predicted octanol–water partition coefficient (Wildman–Crippen LogP) is 3.16. The van der Waals surface area contributed by atoms with Crippen molar-refractivity contribution in [1.29, 1.82) is 0 Å².